The van der Waals surface area contributed by atoms with E-state index in [0.717, 1.165) is 0 Å². The number of isothiocyanates is 1. The molecular formula is C4H6N2O2S. The monoisotopic (exact) mass is 146 g/mol. The number of nitrogens with one attached hydrogen (secondary N) is 1. The van der Waals surface area contributed by atoms with Crippen molar-refractivity contribution < 1.29 is 9.63 Å². The van der Waals surface area contributed by atoms with E-state index in [9.17, 15) is 4.79 Å². The number of rotatable bonds is 2. The van der Waals surface area contributed by atoms with Crippen molar-refractivity contribution in [3.05, 3.63) is 0 Å². The summed E-state index contributed by atoms with van der Waals surface area (Å²) < 4.78 is 0. The van der Waals surface area contributed by atoms with Crippen LogP contribution in [0.25, 0.3) is 0 Å². The van der Waals surface area contributed by atoms with Gasteiger partial charge < -0.3 is 0 Å². The van der Waals surface area contributed by atoms with Crippen LogP contribution < -0.4 is 5.48 Å². The van der Waals surface area contributed by atoms with Gasteiger partial charge >= 0.3 is 6.03 Å². The molecule has 4 nitrogen and oxygen atoms in total. The molecule has 0 unspecified atom stereocenters. The lowest BCUT2D eigenvalue weighted by molar-refractivity contribution is 0.0744. The topological polar surface area (TPSA) is 50.7 Å². The Kier molecular flexibility index (Phi) is 4.91. The summed E-state index contributed by atoms with van der Waals surface area (Å²) in [5.74, 6) is 0. The Bertz CT molecular complexity index is 142. The van der Waals surface area contributed by atoms with Crippen molar-refractivity contribution in [2.75, 3.05) is 6.61 Å². The Hall–Kier alpha value is -0.770. The number of carbonyl (C=O) groups excluding carboxylic acids is 1. The van der Waals surface area contributed by atoms with E-state index in [1.165, 1.54) is 0 Å². The van der Waals surface area contributed by atoms with Crippen molar-refractivity contribution >= 4 is 23.4 Å². The molecule has 0 aliphatic carbocycles. The fraction of sp³-hybridized carbons (Fsp3) is 0.500. The van der Waals surface area contributed by atoms with E-state index in [1.807, 2.05) is 10.6 Å². The second-order valence-electron chi connectivity index (χ2n) is 1.04. The summed E-state index contributed by atoms with van der Waals surface area (Å²) in [5, 5.41) is 1.89. The SMILES string of the molecule is CCONC(=O)N=C=S. The van der Waals surface area contributed by atoms with Gasteiger partial charge in [-0.15, -0.1) is 4.99 Å². The third-order valence-corrected chi connectivity index (χ3v) is 0.542. The van der Waals surface area contributed by atoms with Crippen LogP contribution in [0.5, 0.6) is 0 Å². The average Bonchev–Trinajstić information content (AvgIpc) is 1.85. The smallest absolute Gasteiger partial charge is 0.272 e. The maximum absolute atomic E-state index is 10.3. The van der Waals surface area contributed by atoms with Crippen LogP contribution in [0.1, 0.15) is 6.92 Å². The van der Waals surface area contributed by atoms with E-state index < -0.39 is 6.03 Å². The summed E-state index contributed by atoms with van der Waals surface area (Å²) in [6.45, 7) is 2.14. The van der Waals surface area contributed by atoms with Gasteiger partial charge in [-0.1, -0.05) is 0 Å². The number of thiocarbonyl (C=S) groups is 1. The van der Waals surface area contributed by atoms with Crippen molar-refractivity contribution in [3.63, 3.8) is 0 Å². The molecule has 1 N–H and O–H groups in total. The van der Waals surface area contributed by atoms with Gasteiger partial charge in [0.05, 0.1) is 11.8 Å². The van der Waals surface area contributed by atoms with Crippen molar-refractivity contribution in [1.82, 2.24) is 5.48 Å². The number of hydrogen-bond acceptors (Lipinski definition) is 3. The number of aliphatic imine (C=N–C) groups is 1. The predicted molar refractivity (Wildman–Crippen MR) is 35.2 cm³/mol. The largest absolute Gasteiger partial charge is 0.373 e. The van der Waals surface area contributed by atoms with Crippen LogP contribution in [0.2, 0.25) is 0 Å². The van der Waals surface area contributed by atoms with Gasteiger partial charge in [0.15, 0.2) is 0 Å². The molecule has 0 aromatic heterocycles. The first-order valence-electron chi connectivity index (χ1n) is 2.31. The van der Waals surface area contributed by atoms with E-state index in [1.54, 1.807) is 6.92 Å². The quantitative estimate of drug-likeness (QED) is 0.355. The molecule has 0 heterocycles. The highest BCUT2D eigenvalue weighted by Crippen LogP contribution is 1.70. The van der Waals surface area contributed by atoms with E-state index in [2.05, 4.69) is 22.0 Å². The van der Waals surface area contributed by atoms with Gasteiger partial charge in [0.25, 0.3) is 0 Å². The van der Waals surface area contributed by atoms with E-state index in [-0.39, 0.29) is 0 Å². The molecule has 0 radical (unpaired) electrons. The van der Waals surface area contributed by atoms with Crippen LogP contribution in [0, 0.1) is 0 Å². The lowest BCUT2D eigenvalue weighted by Crippen LogP contribution is -2.19. The van der Waals surface area contributed by atoms with Crippen LogP contribution in [-0.2, 0) is 4.84 Å². The minimum Gasteiger partial charge on any atom is -0.272 e. The van der Waals surface area contributed by atoms with Gasteiger partial charge in [-0.25, -0.2) is 10.3 Å². The molecule has 0 rings (SSSR count). The molecule has 0 aromatic carbocycles. The summed E-state index contributed by atoms with van der Waals surface area (Å²) in [5.41, 5.74) is 2.00. The highest BCUT2D eigenvalue weighted by molar-refractivity contribution is 7.78. The molecule has 0 saturated carbocycles. The van der Waals surface area contributed by atoms with Gasteiger partial charge in [0.2, 0.25) is 0 Å². The minimum absolute atomic E-state index is 0.401. The molecule has 0 spiro atoms. The van der Waals surface area contributed by atoms with E-state index in [0.29, 0.717) is 6.61 Å². The Morgan fingerprint density at radius 2 is 2.67 bits per heavy atom. The summed E-state index contributed by atoms with van der Waals surface area (Å²) >= 11 is 4.15. The molecule has 0 bridgehead atoms. The number of urea groups is 1. The van der Waals surface area contributed by atoms with Crippen LogP contribution in [-0.4, -0.2) is 17.8 Å². The molecule has 0 aliphatic heterocycles. The first-order valence-corrected chi connectivity index (χ1v) is 2.71. The Balaban J connectivity index is 3.39. The first-order chi connectivity index (χ1) is 4.31. The lowest BCUT2D eigenvalue weighted by Gasteiger charge is -1.94. The molecule has 0 aliphatic rings. The van der Waals surface area contributed by atoms with Crippen molar-refractivity contribution in [3.8, 4) is 0 Å². The average molecular weight is 146 g/mol. The fourth-order valence-corrected chi connectivity index (χ4v) is 0.281. The van der Waals surface area contributed by atoms with E-state index >= 15 is 0 Å². The van der Waals surface area contributed by atoms with Gasteiger partial charge in [0.1, 0.15) is 0 Å². The van der Waals surface area contributed by atoms with Crippen LogP contribution in [0.4, 0.5) is 4.79 Å². The van der Waals surface area contributed by atoms with E-state index in [4.69, 9.17) is 0 Å². The molecular weight excluding hydrogens is 140 g/mol. The zero-order valence-corrected chi connectivity index (χ0v) is 5.70. The number of hydrogen-bond donors (Lipinski definition) is 1. The molecule has 2 amide bonds. The number of amides is 2. The van der Waals surface area contributed by atoms with Crippen molar-refractivity contribution in [2.24, 2.45) is 4.99 Å². The molecule has 0 atom stereocenters. The molecule has 0 aromatic rings. The minimum atomic E-state index is -0.633. The normalized spacial score (nSPS) is 7.67. The maximum atomic E-state index is 10.3. The number of carbonyl (C=O) groups is 1. The highest BCUT2D eigenvalue weighted by Gasteiger charge is 1.90. The van der Waals surface area contributed by atoms with Gasteiger partial charge in [-0.2, -0.15) is 0 Å². The van der Waals surface area contributed by atoms with Gasteiger partial charge in [-0.3, -0.25) is 4.84 Å². The van der Waals surface area contributed by atoms with Crippen molar-refractivity contribution in [1.29, 1.82) is 0 Å². The Morgan fingerprint density at radius 3 is 3.11 bits per heavy atom. The molecule has 5 heteroatoms. The first kappa shape index (κ1) is 8.23. The standard InChI is InChI=1S/C4H6N2O2S/c1-2-8-6-4(7)5-3-9/h2H2,1H3,(H,6,7). The summed E-state index contributed by atoms with van der Waals surface area (Å²) in [6, 6.07) is -0.633. The third-order valence-electron chi connectivity index (χ3n) is 0.451. The van der Waals surface area contributed by atoms with Crippen LogP contribution >= 0.6 is 12.2 Å². The second kappa shape index (κ2) is 5.37. The summed E-state index contributed by atoms with van der Waals surface area (Å²) in [6.07, 6.45) is 0. The summed E-state index contributed by atoms with van der Waals surface area (Å²) in [7, 11) is 0. The predicted octanol–water partition coefficient (Wildman–Crippen LogP) is 0.750. The highest BCUT2D eigenvalue weighted by atomic mass is 32.1. The second-order valence-corrected chi connectivity index (χ2v) is 1.23. The van der Waals surface area contributed by atoms with Crippen molar-refractivity contribution in [2.45, 2.75) is 6.92 Å². The zero-order chi connectivity index (χ0) is 7.11. The molecule has 9 heavy (non-hydrogen) atoms. The van der Waals surface area contributed by atoms with Gasteiger partial charge in [0, 0.05) is 0 Å². The molecule has 50 valence electrons. The number of nitrogens with zero attached hydrogens (tertiary/aromatic N) is 1. The third kappa shape index (κ3) is 5.10. The zero-order valence-electron chi connectivity index (χ0n) is 4.88. The van der Waals surface area contributed by atoms with Gasteiger partial charge in [-0.05, 0) is 19.1 Å². The molecule has 0 saturated heterocycles. The maximum Gasteiger partial charge on any atom is 0.373 e. The Labute approximate surface area is 57.9 Å². The lowest BCUT2D eigenvalue weighted by atomic mass is 10.9. The number of hydroxylamine groups is 1. The summed E-state index contributed by atoms with van der Waals surface area (Å²) in [4.78, 5) is 17.8. The van der Waals surface area contributed by atoms with Crippen LogP contribution in [0.15, 0.2) is 4.99 Å². The molecule has 0 fully saturated rings. The van der Waals surface area contributed by atoms with Crippen LogP contribution in [0.3, 0.4) is 0 Å². The fourth-order valence-electron chi connectivity index (χ4n) is 0.198. The Morgan fingerprint density at radius 1 is 2.00 bits per heavy atom.